The maximum absolute atomic E-state index is 5.66. The maximum Gasteiger partial charge on any atom is 0.193 e. The van der Waals surface area contributed by atoms with Crippen LogP contribution in [-0.4, -0.2) is 25.0 Å². The number of rotatable bonds is 4. The van der Waals surface area contributed by atoms with E-state index in [-0.39, 0.29) is 6.10 Å². The molecule has 1 N–H and O–H groups in total. The Morgan fingerprint density at radius 2 is 2.31 bits per heavy atom. The van der Waals surface area contributed by atoms with Crippen LogP contribution in [0, 0.1) is 0 Å². The summed E-state index contributed by atoms with van der Waals surface area (Å²) in [6, 6.07) is 3.59. The van der Waals surface area contributed by atoms with Crippen molar-refractivity contribution < 1.29 is 13.9 Å². The fourth-order valence-corrected chi connectivity index (χ4v) is 1.83. The van der Waals surface area contributed by atoms with Gasteiger partial charge in [0.15, 0.2) is 11.0 Å². The second-order valence-corrected chi connectivity index (χ2v) is 4.66. The second-order valence-electron chi connectivity index (χ2n) is 4.29. The molecular weight excluding hydrogens is 230 g/mol. The Kier molecular flexibility index (Phi) is 3.54. The van der Waals surface area contributed by atoms with Gasteiger partial charge in [0.2, 0.25) is 0 Å². The first-order chi connectivity index (χ1) is 7.55. The van der Waals surface area contributed by atoms with Crippen molar-refractivity contribution in [2.75, 3.05) is 13.2 Å². The van der Waals surface area contributed by atoms with Gasteiger partial charge in [0.25, 0.3) is 0 Å². The van der Waals surface area contributed by atoms with Crippen LogP contribution in [0.15, 0.2) is 16.5 Å². The van der Waals surface area contributed by atoms with Crippen LogP contribution >= 0.6 is 11.6 Å². The van der Waals surface area contributed by atoms with E-state index in [0.29, 0.717) is 18.4 Å². The van der Waals surface area contributed by atoms with Crippen LogP contribution in [0.25, 0.3) is 0 Å². The molecular formula is C11H16ClNO3. The highest BCUT2D eigenvalue weighted by Gasteiger charge is 2.32. The molecule has 0 aromatic carbocycles. The fourth-order valence-electron chi connectivity index (χ4n) is 1.67. The molecule has 1 saturated heterocycles. The Morgan fingerprint density at radius 1 is 1.50 bits per heavy atom. The Labute approximate surface area is 99.9 Å². The molecule has 1 unspecified atom stereocenters. The highest BCUT2D eigenvalue weighted by Crippen LogP contribution is 2.21. The van der Waals surface area contributed by atoms with Crippen molar-refractivity contribution in [3.05, 3.63) is 23.1 Å². The van der Waals surface area contributed by atoms with Crippen LogP contribution in [0.4, 0.5) is 0 Å². The van der Waals surface area contributed by atoms with Gasteiger partial charge in [0.1, 0.15) is 5.76 Å². The van der Waals surface area contributed by atoms with Crippen LogP contribution in [0.1, 0.15) is 19.6 Å². The molecule has 0 saturated carbocycles. The molecule has 1 atom stereocenters. The summed E-state index contributed by atoms with van der Waals surface area (Å²) in [6.07, 6.45) is 0.0976. The van der Waals surface area contributed by atoms with Crippen molar-refractivity contribution in [1.82, 2.24) is 5.32 Å². The number of ether oxygens (including phenoxy) is 2. The van der Waals surface area contributed by atoms with Crippen LogP contribution < -0.4 is 5.32 Å². The molecule has 0 spiro atoms. The number of halogens is 1. The molecule has 90 valence electrons. The third kappa shape index (κ3) is 3.22. The standard InChI is InChI=1S/C11H16ClNO3/c1-11(2)14-7-9(16-11)6-13-5-8-3-4-10(12)15-8/h3-4,9,13H,5-7H2,1-2H3. The first kappa shape index (κ1) is 11.9. The molecule has 0 radical (unpaired) electrons. The molecule has 2 rings (SSSR count). The fraction of sp³-hybridized carbons (Fsp3) is 0.636. The molecule has 5 heteroatoms. The van der Waals surface area contributed by atoms with Gasteiger partial charge in [0.05, 0.1) is 19.3 Å². The first-order valence-electron chi connectivity index (χ1n) is 5.32. The Morgan fingerprint density at radius 3 is 2.88 bits per heavy atom. The third-order valence-electron chi connectivity index (χ3n) is 2.37. The summed E-state index contributed by atoms with van der Waals surface area (Å²) in [5.41, 5.74) is 0. The lowest BCUT2D eigenvalue weighted by Crippen LogP contribution is -2.30. The summed E-state index contributed by atoms with van der Waals surface area (Å²) in [4.78, 5) is 0. The number of hydrogen-bond acceptors (Lipinski definition) is 4. The van der Waals surface area contributed by atoms with Crippen LogP contribution in [0.5, 0.6) is 0 Å². The minimum atomic E-state index is -0.458. The average Bonchev–Trinajstić information content (AvgIpc) is 2.73. The molecule has 1 aromatic rings. The number of hydrogen-bond donors (Lipinski definition) is 1. The van der Waals surface area contributed by atoms with Gasteiger partial charge in [-0.15, -0.1) is 0 Å². The van der Waals surface area contributed by atoms with Gasteiger partial charge in [-0.2, -0.15) is 0 Å². The zero-order chi connectivity index (χ0) is 11.6. The van der Waals surface area contributed by atoms with E-state index in [2.05, 4.69) is 5.32 Å². The monoisotopic (exact) mass is 245 g/mol. The number of nitrogens with one attached hydrogen (secondary N) is 1. The minimum absolute atomic E-state index is 0.0976. The lowest BCUT2D eigenvalue weighted by atomic mass is 10.3. The lowest BCUT2D eigenvalue weighted by Gasteiger charge is -2.17. The van der Waals surface area contributed by atoms with E-state index in [1.54, 1.807) is 6.07 Å². The summed E-state index contributed by atoms with van der Waals surface area (Å²) in [5, 5.41) is 3.65. The SMILES string of the molecule is CC1(C)OCC(CNCc2ccc(Cl)o2)O1. The Bertz CT molecular complexity index is 351. The topological polar surface area (TPSA) is 43.6 Å². The maximum atomic E-state index is 5.66. The molecule has 0 bridgehead atoms. The molecule has 2 heterocycles. The molecule has 0 amide bonds. The van der Waals surface area contributed by atoms with Crippen LogP contribution in [-0.2, 0) is 16.0 Å². The predicted octanol–water partition coefficient (Wildman–Crippen LogP) is 2.17. The molecule has 1 fully saturated rings. The Balaban J connectivity index is 1.69. The number of furan rings is 1. The summed E-state index contributed by atoms with van der Waals surface area (Å²) >= 11 is 5.66. The highest BCUT2D eigenvalue weighted by molar-refractivity contribution is 6.28. The van der Waals surface area contributed by atoms with E-state index in [4.69, 9.17) is 25.5 Å². The van der Waals surface area contributed by atoms with Crippen molar-refractivity contribution >= 4 is 11.6 Å². The van der Waals surface area contributed by atoms with E-state index < -0.39 is 5.79 Å². The Hall–Kier alpha value is -0.550. The van der Waals surface area contributed by atoms with Gasteiger partial charge in [-0.3, -0.25) is 0 Å². The van der Waals surface area contributed by atoms with Gasteiger partial charge in [-0.05, 0) is 37.6 Å². The van der Waals surface area contributed by atoms with E-state index >= 15 is 0 Å². The summed E-state index contributed by atoms with van der Waals surface area (Å²) in [6.45, 7) is 5.84. The van der Waals surface area contributed by atoms with Crippen molar-refractivity contribution in [2.45, 2.75) is 32.3 Å². The van der Waals surface area contributed by atoms with Gasteiger partial charge >= 0.3 is 0 Å². The molecule has 1 aromatic heterocycles. The average molecular weight is 246 g/mol. The normalized spacial score (nSPS) is 23.8. The van der Waals surface area contributed by atoms with Crippen molar-refractivity contribution in [3.8, 4) is 0 Å². The quantitative estimate of drug-likeness (QED) is 0.883. The first-order valence-corrected chi connectivity index (χ1v) is 5.70. The van der Waals surface area contributed by atoms with Gasteiger partial charge in [0, 0.05) is 6.54 Å². The molecule has 4 nitrogen and oxygen atoms in total. The van der Waals surface area contributed by atoms with Gasteiger partial charge < -0.3 is 19.2 Å². The largest absolute Gasteiger partial charge is 0.448 e. The van der Waals surface area contributed by atoms with E-state index in [1.165, 1.54) is 0 Å². The zero-order valence-electron chi connectivity index (χ0n) is 9.46. The second kappa shape index (κ2) is 4.75. The van der Waals surface area contributed by atoms with Gasteiger partial charge in [-0.25, -0.2) is 0 Å². The summed E-state index contributed by atoms with van der Waals surface area (Å²) < 4.78 is 16.3. The van der Waals surface area contributed by atoms with E-state index in [0.717, 1.165) is 12.3 Å². The van der Waals surface area contributed by atoms with E-state index in [9.17, 15) is 0 Å². The van der Waals surface area contributed by atoms with Crippen molar-refractivity contribution in [3.63, 3.8) is 0 Å². The molecule has 1 aliphatic heterocycles. The summed E-state index contributed by atoms with van der Waals surface area (Å²) in [7, 11) is 0. The van der Waals surface area contributed by atoms with Gasteiger partial charge in [-0.1, -0.05) is 0 Å². The predicted molar refractivity (Wildman–Crippen MR) is 60.3 cm³/mol. The van der Waals surface area contributed by atoms with Crippen molar-refractivity contribution in [1.29, 1.82) is 0 Å². The van der Waals surface area contributed by atoms with E-state index in [1.807, 2.05) is 19.9 Å². The van der Waals surface area contributed by atoms with Crippen molar-refractivity contribution in [2.24, 2.45) is 0 Å². The summed E-state index contributed by atoms with van der Waals surface area (Å²) in [5.74, 6) is 0.364. The van der Waals surface area contributed by atoms with Crippen LogP contribution in [0.2, 0.25) is 5.22 Å². The molecule has 16 heavy (non-hydrogen) atoms. The molecule has 1 aliphatic rings. The molecule has 0 aliphatic carbocycles. The zero-order valence-corrected chi connectivity index (χ0v) is 10.2. The minimum Gasteiger partial charge on any atom is -0.448 e. The van der Waals surface area contributed by atoms with Crippen LogP contribution in [0.3, 0.4) is 0 Å². The highest BCUT2D eigenvalue weighted by atomic mass is 35.5. The lowest BCUT2D eigenvalue weighted by molar-refractivity contribution is -0.137. The third-order valence-corrected chi connectivity index (χ3v) is 2.57. The smallest absolute Gasteiger partial charge is 0.193 e.